The molecule has 0 bridgehead atoms. The lowest BCUT2D eigenvalue weighted by Crippen LogP contribution is -2.54. The minimum absolute atomic E-state index is 0.150. The van der Waals surface area contributed by atoms with Crippen LogP contribution in [0.15, 0.2) is 11.6 Å². The van der Waals surface area contributed by atoms with Crippen molar-refractivity contribution >= 4 is 27.5 Å². The van der Waals surface area contributed by atoms with Crippen molar-refractivity contribution in [1.82, 2.24) is 0 Å². The Morgan fingerprint density at radius 2 is 1.86 bits per heavy atom. The first-order valence-electron chi connectivity index (χ1n) is 8.83. The first-order valence-corrected chi connectivity index (χ1v) is 9.74. The van der Waals surface area contributed by atoms with Crippen LogP contribution in [-0.4, -0.2) is 16.4 Å². The zero-order valence-corrected chi connectivity index (χ0v) is 15.1. The predicted molar refractivity (Wildman–Crippen MR) is 89.8 cm³/mol. The molecule has 0 amide bonds. The molecule has 120 valence electrons. The molecule has 0 aliphatic heterocycles. The highest BCUT2D eigenvalue weighted by molar-refractivity contribution is 9.09. The van der Waals surface area contributed by atoms with Crippen LogP contribution in [0.5, 0.6) is 0 Å². The maximum atomic E-state index is 12.4. The zero-order valence-electron chi connectivity index (χ0n) is 13.5. The van der Waals surface area contributed by atoms with Crippen molar-refractivity contribution in [2.24, 2.45) is 28.6 Å². The molecule has 0 radical (unpaired) electrons. The number of carbonyl (C=O) groups excluding carboxylic acids is 2. The SMILES string of the molecule is C[C@]12CC[C@H]3[C@@H](CC(Br)C4CCCC[C@@]43C)C1=CC(=O)C2=O. The second-order valence-corrected chi connectivity index (χ2v) is 9.66. The van der Waals surface area contributed by atoms with E-state index in [-0.39, 0.29) is 11.6 Å². The summed E-state index contributed by atoms with van der Waals surface area (Å²) in [7, 11) is 0. The van der Waals surface area contributed by atoms with Crippen LogP contribution in [0.4, 0.5) is 0 Å². The number of allylic oxidation sites excluding steroid dienone is 2. The second kappa shape index (κ2) is 4.78. The van der Waals surface area contributed by atoms with Crippen molar-refractivity contribution in [3.05, 3.63) is 11.6 Å². The van der Waals surface area contributed by atoms with Crippen molar-refractivity contribution in [3.8, 4) is 0 Å². The van der Waals surface area contributed by atoms with E-state index in [0.717, 1.165) is 25.2 Å². The van der Waals surface area contributed by atoms with Gasteiger partial charge in [0.1, 0.15) is 0 Å². The molecular formula is C19H25BrO2. The fourth-order valence-electron chi connectivity index (χ4n) is 6.33. The molecule has 3 saturated carbocycles. The van der Waals surface area contributed by atoms with Gasteiger partial charge < -0.3 is 0 Å². The third kappa shape index (κ3) is 1.78. The number of fused-ring (bicyclic) bond motifs is 5. The Morgan fingerprint density at radius 3 is 2.64 bits per heavy atom. The number of hydrogen-bond donors (Lipinski definition) is 0. The molecule has 0 N–H and O–H groups in total. The standard InChI is InChI=1S/C19H25BrO2/c1-18-7-4-3-5-13(18)15(20)9-11-12(18)6-8-19(2)14(11)10-16(21)17(19)22/h10-13,15H,3-9H2,1-2H3/t11-,12+,13?,15?,18-,19+/m1/s1. The molecule has 3 fully saturated rings. The minimum atomic E-state index is -0.483. The molecule has 4 rings (SSSR count). The van der Waals surface area contributed by atoms with Gasteiger partial charge in [-0.1, -0.05) is 35.7 Å². The van der Waals surface area contributed by atoms with E-state index in [1.165, 1.54) is 31.3 Å². The number of alkyl halides is 1. The van der Waals surface area contributed by atoms with E-state index >= 15 is 0 Å². The molecule has 4 aliphatic rings. The first-order chi connectivity index (χ1) is 10.4. The number of hydrogen-bond acceptors (Lipinski definition) is 2. The molecule has 0 aromatic carbocycles. The van der Waals surface area contributed by atoms with Gasteiger partial charge in [-0.15, -0.1) is 0 Å². The Bertz CT molecular complexity index is 580. The molecule has 2 nitrogen and oxygen atoms in total. The maximum absolute atomic E-state index is 12.4. The Labute approximate surface area is 141 Å². The Kier molecular flexibility index (Phi) is 3.28. The van der Waals surface area contributed by atoms with E-state index in [1.54, 1.807) is 6.08 Å². The van der Waals surface area contributed by atoms with Crippen molar-refractivity contribution in [3.63, 3.8) is 0 Å². The summed E-state index contributed by atoms with van der Waals surface area (Å²) in [5.74, 6) is 1.45. The van der Waals surface area contributed by atoms with Crippen LogP contribution < -0.4 is 0 Å². The lowest BCUT2D eigenvalue weighted by atomic mass is 9.46. The molecule has 0 saturated heterocycles. The minimum Gasteiger partial charge on any atom is -0.290 e. The van der Waals surface area contributed by atoms with Crippen LogP contribution in [0.2, 0.25) is 0 Å². The van der Waals surface area contributed by atoms with E-state index in [0.29, 0.717) is 22.1 Å². The number of Topliss-reactive ketones (excluding diaryl/α,β-unsaturated/α-hetero) is 1. The topological polar surface area (TPSA) is 34.1 Å². The van der Waals surface area contributed by atoms with Gasteiger partial charge in [0.25, 0.3) is 0 Å². The van der Waals surface area contributed by atoms with Crippen molar-refractivity contribution in [2.75, 3.05) is 0 Å². The Hall–Kier alpha value is -0.440. The van der Waals surface area contributed by atoms with Gasteiger partial charge in [0.15, 0.2) is 0 Å². The molecule has 22 heavy (non-hydrogen) atoms. The van der Waals surface area contributed by atoms with Gasteiger partial charge in [-0.3, -0.25) is 9.59 Å². The van der Waals surface area contributed by atoms with Crippen molar-refractivity contribution in [1.29, 1.82) is 0 Å². The first kappa shape index (κ1) is 15.1. The van der Waals surface area contributed by atoms with E-state index < -0.39 is 5.41 Å². The number of ketones is 2. The van der Waals surface area contributed by atoms with E-state index in [9.17, 15) is 9.59 Å². The van der Waals surface area contributed by atoms with Crippen LogP contribution in [0.25, 0.3) is 0 Å². The number of halogens is 1. The second-order valence-electron chi connectivity index (χ2n) is 8.49. The smallest absolute Gasteiger partial charge is 0.222 e. The molecule has 4 aliphatic carbocycles. The molecule has 3 heteroatoms. The Morgan fingerprint density at radius 1 is 1.09 bits per heavy atom. The predicted octanol–water partition coefficient (Wildman–Crippen LogP) is 4.46. The van der Waals surface area contributed by atoms with Crippen LogP contribution in [-0.2, 0) is 9.59 Å². The summed E-state index contributed by atoms with van der Waals surface area (Å²) in [4.78, 5) is 24.9. The highest BCUT2D eigenvalue weighted by Gasteiger charge is 2.60. The highest BCUT2D eigenvalue weighted by atomic mass is 79.9. The fraction of sp³-hybridized carbons (Fsp3) is 0.789. The summed E-state index contributed by atoms with van der Waals surface area (Å²) < 4.78 is 0. The third-order valence-electron chi connectivity index (χ3n) is 7.58. The monoisotopic (exact) mass is 364 g/mol. The molecule has 0 aromatic rings. The average Bonchev–Trinajstić information content (AvgIpc) is 2.71. The van der Waals surface area contributed by atoms with Gasteiger partial charge in [0, 0.05) is 4.83 Å². The fourth-order valence-corrected chi connectivity index (χ4v) is 7.60. The van der Waals surface area contributed by atoms with E-state index in [2.05, 4.69) is 22.9 Å². The lowest BCUT2D eigenvalue weighted by Gasteiger charge is -2.59. The summed E-state index contributed by atoms with van der Waals surface area (Å²) in [6, 6.07) is 0. The van der Waals surface area contributed by atoms with Gasteiger partial charge in [0.2, 0.25) is 11.6 Å². The van der Waals surface area contributed by atoms with E-state index in [4.69, 9.17) is 0 Å². The zero-order chi connectivity index (χ0) is 15.7. The molecule has 6 atom stereocenters. The molecule has 0 aromatic heterocycles. The van der Waals surface area contributed by atoms with Crippen molar-refractivity contribution in [2.45, 2.75) is 63.6 Å². The normalized spacial score (nSPS) is 51.0. The molecular weight excluding hydrogens is 340 g/mol. The lowest BCUT2D eigenvalue weighted by molar-refractivity contribution is -0.139. The van der Waals surface area contributed by atoms with Crippen molar-refractivity contribution < 1.29 is 9.59 Å². The van der Waals surface area contributed by atoms with Gasteiger partial charge >= 0.3 is 0 Å². The van der Waals surface area contributed by atoms with Gasteiger partial charge in [-0.2, -0.15) is 0 Å². The largest absolute Gasteiger partial charge is 0.290 e. The summed E-state index contributed by atoms with van der Waals surface area (Å²) in [5, 5.41) is 0. The maximum Gasteiger partial charge on any atom is 0.222 e. The van der Waals surface area contributed by atoms with Crippen LogP contribution in [0.1, 0.15) is 58.8 Å². The molecule has 0 heterocycles. The van der Waals surface area contributed by atoms with Crippen LogP contribution in [0, 0.1) is 28.6 Å². The number of rotatable bonds is 0. The summed E-state index contributed by atoms with van der Waals surface area (Å²) in [5.41, 5.74) is 1.07. The van der Waals surface area contributed by atoms with E-state index in [1.807, 2.05) is 6.92 Å². The Balaban J connectivity index is 1.76. The summed E-state index contributed by atoms with van der Waals surface area (Å²) in [6.45, 7) is 4.50. The average molecular weight is 365 g/mol. The van der Waals surface area contributed by atoms with Crippen LogP contribution >= 0.6 is 15.9 Å². The van der Waals surface area contributed by atoms with Crippen LogP contribution in [0.3, 0.4) is 0 Å². The summed E-state index contributed by atoms with van der Waals surface area (Å²) in [6.07, 6.45) is 10.2. The third-order valence-corrected chi connectivity index (χ3v) is 8.59. The van der Waals surface area contributed by atoms with Gasteiger partial charge in [-0.05, 0) is 73.8 Å². The van der Waals surface area contributed by atoms with Gasteiger partial charge in [-0.25, -0.2) is 0 Å². The van der Waals surface area contributed by atoms with Gasteiger partial charge in [0.05, 0.1) is 5.41 Å². The highest BCUT2D eigenvalue weighted by Crippen LogP contribution is 2.64. The number of carbonyl (C=O) groups is 2. The molecule has 0 spiro atoms. The quantitative estimate of drug-likeness (QED) is 0.469. The summed E-state index contributed by atoms with van der Waals surface area (Å²) >= 11 is 3.98. The molecule has 2 unspecified atom stereocenters.